The van der Waals surface area contributed by atoms with Crippen molar-refractivity contribution in [2.45, 2.75) is 0 Å². The average Bonchev–Trinajstić information content (AvgIpc) is 0.918. The fourth-order valence-corrected chi connectivity index (χ4v) is 0. The Morgan fingerprint density at radius 2 is 1.20 bits per heavy atom. The van der Waals surface area contributed by atoms with E-state index >= 15 is 0 Å². The largest absolute Gasteiger partial charge is 4.00 e. The molecule has 0 aliphatic heterocycles. The van der Waals surface area contributed by atoms with Gasteiger partial charge in [-0.2, -0.15) is 3.84 Å². The summed E-state index contributed by atoms with van der Waals surface area (Å²) in [6, 6.07) is 0. The predicted octanol–water partition coefficient (Wildman–Crippen LogP) is 0.483. The van der Waals surface area contributed by atoms with Crippen LogP contribution in [0.15, 0.2) is 0 Å². The van der Waals surface area contributed by atoms with Gasteiger partial charge in [0.15, 0.2) is 0 Å². The van der Waals surface area contributed by atoms with Crippen LogP contribution in [0.2, 0.25) is 0 Å². The summed E-state index contributed by atoms with van der Waals surface area (Å²) in [6.45, 7) is 0. The summed E-state index contributed by atoms with van der Waals surface area (Å²) in [4.78, 5) is 0. The van der Waals surface area contributed by atoms with Gasteiger partial charge in [-0.15, -0.1) is 0 Å². The van der Waals surface area contributed by atoms with Gasteiger partial charge < -0.3 is 5.48 Å². The van der Waals surface area contributed by atoms with Crippen LogP contribution in [0.25, 0.3) is 0 Å². The van der Waals surface area contributed by atoms with Crippen molar-refractivity contribution >= 4 is 23.7 Å². The Balaban J connectivity index is -0.0000000200. The topological polar surface area (TPSA) is 40.7 Å². The van der Waals surface area contributed by atoms with Crippen LogP contribution in [0.1, 0.15) is 0 Å². The van der Waals surface area contributed by atoms with Crippen molar-refractivity contribution in [3.05, 3.63) is 0 Å². The van der Waals surface area contributed by atoms with Crippen molar-refractivity contribution < 1.29 is 35.5 Å². The number of hydrogen-bond donors (Lipinski definition) is 0. The van der Waals surface area contributed by atoms with E-state index in [4.69, 9.17) is 0 Å². The number of rotatable bonds is 0. The normalized spacial score (nSPS) is 3.60. The van der Waals surface area contributed by atoms with Gasteiger partial charge in [-0.1, -0.05) is 0 Å². The van der Waals surface area contributed by atoms with Gasteiger partial charge in [0.25, 0.3) is 0 Å². The summed E-state index contributed by atoms with van der Waals surface area (Å²) in [6.07, 6.45) is 0. The zero-order chi connectivity index (χ0) is 2.71. The van der Waals surface area contributed by atoms with Crippen LogP contribution in [0.4, 0.5) is 0 Å². The monoisotopic (exact) mass is 194 g/mol. The van der Waals surface area contributed by atoms with E-state index in [0.717, 1.165) is 0 Å². The maximum Gasteiger partial charge on any atom is 4.00 e. The van der Waals surface area contributed by atoms with Crippen LogP contribution in [0, 0.1) is 0 Å². The minimum atomic E-state index is 0. The third-order valence-corrected chi connectivity index (χ3v) is 0. The Morgan fingerprint density at radius 1 is 1.20 bits per heavy atom. The molecule has 0 aliphatic carbocycles. The number of halogens is 2. The van der Waals surface area contributed by atoms with Crippen LogP contribution in [-0.2, 0) is 30.0 Å². The molecule has 0 aromatic heterocycles. The first-order chi connectivity index (χ1) is 1.41. The summed E-state index contributed by atoms with van der Waals surface area (Å²) in [5.74, 6) is 0. The molecule has 0 bridgehead atoms. The van der Waals surface area contributed by atoms with Crippen LogP contribution < -0.4 is 0 Å². The fourth-order valence-electron chi connectivity index (χ4n) is 0. The summed E-state index contributed by atoms with van der Waals surface area (Å²) in [7, 11) is 0. The van der Waals surface area contributed by atoms with Gasteiger partial charge in [0.1, 0.15) is 0 Å². The molecule has 28 valence electrons. The molecule has 2 nitrogen and oxygen atoms in total. The molecule has 5 heteroatoms. The van der Waals surface area contributed by atoms with E-state index < -0.39 is 0 Å². The molecule has 0 rings (SSSR count). The van der Waals surface area contributed by atoms with Gasteiger partial charge in [-0.3, -0.25) is 0 Å². The molecular formula is H2Cl2O2Zr+4. The van der Waals surface area contributed by atoms with Gasteiger partial charge in [0.05, 0.1) is 23.7 Å². The molecule has 0 atom stereocenters. The molecule has 0 fully saturated rings. The first kappa shape index (κ1) is 16.2. The standard InChI is InChI=1S/Cl2O.H2O.Zr/c1-3-2;;/h;1H2;/q;;+4. The molecule has 0 aromatic carbocycles. The quantitative estimate of drug-likeness (QED) is 0.555. The van der Waals surface area contributed by atoms with Crippen molar-refractivity contribution in [3.8, 4) is 0 Å². The van der Waals surface area contributed by atoms with Crippen molar-refractivity contribution in [2.24, 2.45) is 0 Å². The zero-order valence-electron chi connectivity index (χ0n) is 2.16. The molecule has 5 heavy (non-hydrogen) atoms. The third kappa shape index (κ3) is 32.2. The maximum atomic E-state index is 4.26. The van der Waals surface area contributed by atoms with E-state index in [2.05, 4.69) is 27.6 Å². The van der Waals surface area contributed by atoms with Gasteiger partial charge >= 0.3 is 26.2 Å². The molecule has 0 aliphatic rings. The zero-order valence-corrected chi connectivity index (χ0v) is 6.13. The SMILES string of the molecule is ClOCl.O.[Zr+4]. The van der Waals surface area contributed by atoms with Gasteiger partial charge in [-0.05, 0) is 0 Å². The van der Waals surface area contributed by atoms with E-state index in [9.17, 15) is 0 Å². The van der Waals surface area contributed by atoms with E-state index in [-0.39, 0.29) is 31.7 Å². The molecule has 0 unspecified atom stereocenters. The smallest absolute Gasteiger partial charge is 0.412 e. The summed E-state index contributed by atoms with van der Waals surface area (Å²) in [5, 5.41) is 0. The molecule has 0 spiro atoms. The first-order valence-corrected chi connectivity index (χ1v) is 0.926. The summed E-state index contributed by atoms with van der Waals surface area (Å²) in [5.41, 5.74) is 0. The second-order valence-electron chi connectivity index (χ2n) is 0.0583. The van der Waals surface area contributed by atoms with E-state index in [0.29, 0.717) is 0 Å². The minimum Gasteiger partial charge on any atom is -0.412 e. The van der Waals surface area contributed by atoms with Crippen molar-refractivity contribution in [1.82, 2.24) is 0 Å². The van der Waals surface area contributed by atoms with E-state index in [1.54, 1.807) is 0 Å². The molecule has 0 saturated heterocycles. The fraction of sp³-hybridized carbons (Fsp3) is 0. The molecule has 0 saturated carbocycles. The van der Waals surface area contributed by atoms with Crippen LogP contribution in [0.3, 0.4) is 0 Å². The average molecular weight is 196 g/mol. The second kappa shape index (κ2) is 18.2. The predicted molar refractivity (Wildman–Crippen MR) is 16.4 cm³/mol. The Morgan fingerprint density at radius 3 is 1.20 bits per heavy atom. The summed E-state index contributed by atoms with van der Waals surface area (Å²) < 4.78 is 3.19. The molecule has 0 heterocycles. The molecular weight excluding hydrogens is 194 g/mol. The third-order valence-electron chi connectivity index (χ3n) is 0. The van der Waals surface area contributed by atoms with Crippen molar-refractivity contribution in [3.63, 3.8) is 0 Å². The molecule has 0 aromatic rings. The van der Waals surface area contributed by atoms with Crippen LogP contribution >= 0.6 is 23.7 Å². The Labute approximate surface area is 59.2 Å². The number of hydrogen-bond acceptors (Lipinski definition) is 1. The maximum absolute atomic E-state index is 4.26. The van der Waals surface area contributed by atoms with E-state index in [1.165, 1.54) is 0 Å². The molecule has 2 N–H and O–H groups in total. The first-order valence-electron chi connectivity index (χ1n) is 0.309. The van der Waals surface area contributed by atoms with Crippen LogP contribution in [-0.4, -0.2) is 5.48 Å². The Hall–Kier alpha value is 1.38. The Kier molecular flexibility index (Phi) is 58.9. The van der Waals surface area contributed by atoms with Crippen molar-refractivity contribution in [1.29, 1.82) is 0 Å². The van der Waals surface area contributed by atoms with Gasteiger partial charge in [-0.25, -0.2) is 0 Å². The Bertz CT molecular complexity index is 7.61. The summed E-state index contributed by atoms with van der Waals surface area (Å²) >= 11 is 8.53. The van der Waals surface area contributed by atoms with Gasteiger partial charge in [0.2, 0.25) is 0 Å². The van der Waals surface area contributed by atoms with E-state index in [1.807, 2.05) is 0 Å². The van der Waals surface area contributed by atoms with Crippen LogP contribution in [0.5, 0.6) is 0 Å². The molecule has 0 radical (unpaired) electrons. The molecule has 0 amide bonds. The van der Waals surface area contributed by atoms with Gasteiger partial charge in [0, 0.05) is 0 Å². The van der Waals surface area contributed by atoms with Crippen molar-refractivity contribution in [2.75, 3.05) is 0 Å². The second-order valence-corrected chi connectivity index (χ2v) is 0.525. The minimum absolute atomic E-state index is 0.